The molecule has 0 saturated heterocycles. The van der Waals surface area contributed by atoms with Crippen molar-refractivity contribution in [2.24, 2.45) is 0 Å². The van der Waals surface area contributed by atoms with E-state index in [4.69, 9.17) is 0 Å². The Hall–Kier alpha value is -1.91. The van der Waals surface area contributed by atoms with Crippen molar-refractivity contribution in [3.05, 3.63) is 47.7 Å². The van der Waals surface area contributed by atoms with Crippen molar-refractivity contribution in [3.8, 4) is 0 Å². The number of unbranched alkanes of at least 4 members (excludes halogenated alkanes) is 2. The van der Waals surface area contributed by atoms with Crippen molar-refractivity contribution in [1.82, 2.24) is 0 Å². The van der Waals surface area contributed by atoms with Crippen LogP contribution < -0.4 is 5.32 Å². The molecule has 1 rings (SSSR count). The van der Waals surface area contributed by atoms with E-state index < -0.39 is 4.92 Å². The smallest absolute Gasteiger partial charge is 0.269 e. The van der Waals surface area contributed by atoms with E-state index in [1.54, 1.807) is 6.42 Å². The summed E-state index contributed by atoms with van der Waals surface area (Å²) in [5, 5.41) is 13.0. The summed E-state index contributed by atoms with van der Waals surface area (Å²) in [6.45, 7) is 3.68. The van der Waals surface area contributed by atoms with Gasteiger partial charge >= 0.3 is 0 Å². The second-order valence-electron chi connectivity index (χ2n) is 3.49. The third-order valence-corrected chi connectivity index (χ3v) is 2.13. The number of amides is 1. The minimum absolute atomic E-state index is 0.00374. The number of nitro groups is 1. The summed E-state index contributed by atoms with van der Waals surface area (Å²) in [7, 11) is 0. The minimum Gasteiger partial charge on any atom is -0.326 e. The first kappa shape index (κ1) is 13.2. The second kappa shape index (κ2) is 6.62. The molecule has 1 aromatic rings. The van der Waals surface area contributed by atoms with E-state index in [2.05, 4.69) is 12.2 Å². The zero-order valence-electron chi connectivity index (χ0n) is 9.39. The van der Waals surface area contributed by atoms with E-state index in [1.165, 1.54) is 24.3 Å². The number of non-ortho nitro benzene ring substituents is 1. The average molecular weight is 234 g/mol. The highest BCUT2D eigenvalue weighted by Gasteiger charge is 2.06. The number of nitrogens with one attached hydrogen (secondary N) is 1. The summed E-state index contributed by atoms with van der Waals surface area (Å²) >= 11 is 0. The number of nitrogens with zero attached hydrogens (tertiary/aromatic N) is 1. The lowest BCUT2D eigenvalue weighted by molar-refractivity contribution is -0.384. The molecule has 0 heterocycles. The lowest BCUT2D eigenvalue weighted by atomic mass is 10.2. The Morgan fingerprint density at radius 3 is 2.59 bits per heavy atom. The fourth-order valence-electron chi connectivity index (χ4n) is 1.24. The van der Waals surface area contributed by atoms with Gasteiger partial charge in [0, 0.05) is 24.2 Å². The van der Waals surface area contributed by atoms with Crippen LogP contribution in [0.3, 0.4) is 0 Å². The molecule has 1 N–H and O–H groups in total. The molecule has 0 aliphatic heterocycles. The van der Waals surface area contributed by atoms with Crippen molar-refractivity contribution >= 4 is 17.3 Å². The summed E-state index contributed by atoms with van der Waals surface area (Å²) in [6, 6.07) is 5.72. The minimum atomic E-state index is -0.480. The molecule has 5 nitrogen and oxygen atoms in total. The van der Waals surface area contributed by atoms with Gasteiger partial charge in [-0.1, -0.05) is 19.8 Å². The van der Waals surface area contributed by atoms with Crippen molar-refractivity contribution in [1.29, 1.82) is 0 Å². The van der Waals surface area contributed by atoms with Crippen LogP contribution in [0, 0.1) is 23.5 Å². The van der Waals surface area contributed by atoms with E-state index >= 15 is 0 Å². The Balaban J connectivity index is 2.46. The lowest BCUT2D eigenvalue weighted by Gasteiger charge is -2.03. The first-order valence-corrected chi connectivity index (χ1v) is 5.31. The molecule has 90 valence electrons. The van der Waals surface area contributed by atoms with Gasteiger partial charge in [0.2, 0.25) is 5.91 Å². The van der Waals surface area contributed by atoms with E-state index in [-0.39, 0.29) is 11.6 Å². The average Bonchev–Trinajstić information content (AvgIpc) is 2.30. The van der Waals surface area contributed by atoms with Gasteiger partial charge in [-0.3, -0.25) is 14.9 Å². The number of hydrogen-bond acceptors (Lipinski definition) is 3. The molecule has 2 radical (unpaired) electrons. The monoisotopic (exact) mass is 234 g/mol. The number of benzene rings is 1. The van der Waals surface area contributed by atoms with Crippen LogP contribution in [-0.2, 0) is 4.79 Å². The summed E-state index contributed by atoms with van der Waals surface area (Å²) < 4.78 is 0. The summed E-state index contributed by atoms with van der Waals surface area (Å²) in [6.07, 6.45) is 3.89. The van der Waals surface area contributed by atoms with Gasteiger partial charge in [0.1, 0.15) is 0 Å². The zero-order valence-corrected chi connectivity index (χ0v) is 9.39. The number of nitro benzene ring substituents is 1. The lowest BCUT2D eigenvalue weighted by Crippen LogP contribution is -2.11. The molecule has 0 spiro atoms. The third kappa shape index (κ3) is 4.63. The molecular weight excluding hydrogens is 220 g/mol. The predicted octanol–water partition coefficient (Wildman–Crippen LogP) is 2.74. The van der Waals surface area contributed by atoms with E-state index in [0.717, 1.165) is 12.8 Å². The number of rotatable bonds is 6. The number of carbonyl (C=O) groups is 1. The molecule has 0 aromatic heterocycles. The van der Waals surface area contributed by atoms with Gasteiger partial charge in [-0.25, -0.2) is 0 Å². The van der Waals surface area contributed by atoms with Gasteiger partial charge in [0.25, 0.3) is 5.69 Å². The maximum atomic E-state index is 11.4. The van der Waals surface area contributed by atoms with E-state index in [1.807, 2.05) is 0 Å². The van der Waals surface area contributed by atoms with Gasteiger partial charge in [-0.2, -0.15) is 0 Å². The maximum Gasteiger partial charge on any atom is 0.269 e. The summed E-state index contributed by atoms with van der Waals surface area (Å²) in [4.78, 5) is 21.3. The number of carbonyl (C=O) groups excluding carboxylic acids is 1. The van der Waals surface area contributed by atoms with Crippen LogP contribution in [0.4, 0.5) is 11.4 Å². The summed E-state index contributed by atoms with van der Waals surface area (Å²) in [5.41, 5.74) is 0.551. The normalized spacial score (nSPS) is 9.94. The van der Waals surface area contributed by atoms with Gasteiger partial charge in [-0.15, -0.1) is 0 Å². The SMILES string of the molecule is [CH2]CCC[CH]C(=O)Nc1ccc([N+](=O)[O-])cc1. The highest BCUT2D eigenvalue weighted by atomic mass is 16.6. The number of hydrogen-bond donors (Lipinski definition) is 1. The van der Waals surface area contributed by atoms with E-state index in [0.29, 0.717) is 12.1 Å². The Labute approximate surface area is 100.0 Å². The molecule has 0 fully saturated rings. The van der Waals surface area contributed by atoms with Crippen LogP contribution in [0.1, 0.15) is 19.3 Å². The van der Waals surface area contributed by atoms with Gasteiger partial charge < -0.3 is 5.32 Å². The quantitative estimate of drug-likeness (QED) is 0.467. The van der Waals surface area contributed by atoms with Crippen LogP contribution in [0.2, 0.25) is 0 Å². The highest BCUT2D eigenvalue weighted by molar-refractivity contribution is 5.97. The Bertz CT molecular complexity index is 387. The first-order valence-electron chi connectivity index (χ1n) is 5.31. The maximum absolute atomic E-state index is 11.4. The van der Waals surface area contributed by atoms with Crippen LogP contribution in [0.15, 0.2) is 24.3 Å². The molecule has 17 heavy (non-hydrogen) atoms. The van der Waals surface area contributed by atoms with Crippen molar-refractivity contribution in [2.75, 3.05) is 5.32 Å². The largest absolute Gasteiger partial charge is 0.326 e. The fourth-order valence-corrected chi connectivity index (χ4v) is 1.24. The molecule has 0 aliphatic carbocycles. The third-order valence-electron chi connectivity index (χ3n) is 2.13. The Morgan fingerprint density at radius 2 is 2.06 bits per heavy atom. The predicted molar refractivity (Wildman–Crippen MR) is 65.2 cm³/mol. The molecule has 0 unspecified atom stereocenters. The molecule has 0 aliphatic rings. The van der Waals surface area contributed by atoms with Crippen LogP contribution in [-0.4, -0.2) is 10.8 Å². The van der Waals surface area contributed by atoms with Gasteiger partial charge in [0.05, 0.1) is 4.92 Å². The van der Waals surface area contributed by atoms with Crippen molar-refractivity contribution in [3.63, 3.8) is 0 Å². The number of anilines is 1. The van der Waals surface area contributed by atoms with Crippen LogP contribution in [0.25, 0.3) is 0 Å². The van der Waals surface area contributed by atoms with Crippen LogP contribution in [0.5, 0.6) is 0 Å². The van der Waals surface area contributed by atoms with Crippen molar-refractivity contribution < 1.29 is 9.72 Å². The standard InChI is InChI=1S/C12H14N2O3/c1-2-3-4-5-12(15)13-10-6-8-11(9-7-10)14(16)17/h5-9H,1-4H2,(H,13,15). The molecule has 0 bridgehead atoms. The molecule has 0 atom stereocenters. The van der Waals surface area contributed by atoms with Crippen molar-refractivity contribution in [2.45, 2.75) is 19.3 Å². The Kier molecular flexibility index (Phi) is 5.13. The topological polar surface area (TPSA) is 72.2 Å². The van der Waals surface area contributed by atoms with Gasteiger partial charge in [0.15, 0.2) is 0 Å². The molecular formula is C12H14N2O3. The first-order chi connectivity index (χ1) is 8.13. The van der Waals surface area contributed by atoms with E-state index in [9.17, 15) is 14.9 Å². The molecule has 1 amide bonds. The summed E-state index contributed by atoms with van der Waals surface area (Å²) in [5.74, 6) is -0.202. The zero-order chi connectivity index (χ0) is 12.7. The molecule has 1 aromatic carbocycles. The fraction of sp³-hybridized carbons (Fsp3) is 0.250. The Morgan fingerprint density at radius 1 is 1.41 bits per heavy atom. The second-order valence-corrected chi connectivity index (χ2v) is 3.49. The molecule has 0 saturated carbocycles. The molecule has 5 heteroatoms. The van der Waals surface area contributed by atoms with Gasteiger partial charge in [-0.05, 0) is 18.6 Å². The highest BCUT2D eigenvalue weighted by Crippen LogP contribution is 2.15. The van der Waals surface area contributed by atoms with Crippen LogP contribution >= 0.6 is 0 Å².